The summed E-state index contributed by atoms with van der Waals surface area (Å²) in [5.74, 6) is -1.28. The molecule has 2 amide bonds. The lowest BCUT2D eigenvalue weighted by atomic mass is 10.0. The highest BCUT2D eigenvalue weighted by Crippen LogP contribution is 2.41. The van der Waals surface area contributed by atoms with Crippen LogP contribution < -0.4 is 11.1 Å². The predicted octanol–water partition coefficient (Wildman–Crippen LogP) is -0.0808. The Morgan fingerprint density at radius 3 is 2.94 bits per heavy atom. The van der Waals surface area contributed by atoms with E-state index in [2.05, 4.69) is 24.9 Å². The van der Waals surface area contributed by atoms with Crippen molar-refractivity contribution in [3.8, 4) is 0 Å². The number of carboxylic acids is 1. The molecule has 0 aliphatic carbocycles. The molecule has 5 rings (SSSR count). The van der Waals surface area contributed by atoms with Gasteiger partial charge in [-0.25, -0.2) is 9.80 Å². The third kappa shape index (κ3) is 4.17. The van der Waals surface area contributed by atoms with E-state index in [4.69, 9.17) is 10.6 Å². The number of carbonyl (C=O) groups excluding carboxylic acids is 2. The Hall–Kier alpha value is -3.92. The number of β-lactam (4-membered cyclic amide) rings is 1. The molecule has 4 aliphatic heterocycles. The van der Waals surface area contributed by atoms with Crippen LogP contribution in [0.15, 0.2) is 45.8 Å². The molecule has 188 valence electrons. The van der Waals surface area contributed by atoms with Crippen LogP contribution in [0.2, 0.25) is 0 Å². The van der Waals surface area contributed by atoms with E-state index in [0.29, 0.717) is 24.3 Å². The fraction of sp³-hybridized carbons (Fsp3) is 0.350. The Morgan fingerprint density at radius 1 is 1.39 bits per heavy atom. The van der Waals surface area contributed by atoms with Gasteiger partial charge in [-0.05, 0) is 18.6 Å². The zero-order valence-electron chi connectivity index (χ0n) is 18.9. The van der Waals surface area contributed by atoms with Crippen molar-refractivity contribution >= 4 is 58.1 Å². The fourth-order valence-corrected chi connectivity index (χ4v) is 5.80. The summed E-state index contributed by atoms with van der Waals surface area (Å²) >= 11 is 2.26. The van der Waals surface area contributed by atoms with Gasteiger partial charge in [0.05, 0.1) is 0 Å². The molecule has 1 fully saturated rings. The second kappa shape index (κ2) is 9.62. The summed E-state index contributed by atoms with van der Waals surface area (Å²) in [7, 11) is 0. The fourth-order valence-electron chi connectivity index (χ4n) is 4.03. The minimum Gasteiger partial charge on any atom is -0.477 e. The van der Waals surface area contributed by atoms with Crippen molar-refractivity contribution in [2.45, 2.75) is 24.8 Å². The number of nitrogens with two attached hydrogens (primary N) is 1. The van der Waals surface area contributed by atoms with Gasteiger partial charge in [-0.3, -0.25) is 14.5 Å². The second-order valence-electron chi connectivity index (χ2n) is 7.80. The molecule has 0 aromatic carbocycles. The Bertz CT molecular complexity index is 1270. The van der Waals surface area contributed by atoms with Crippen molar-refractivity contribution in [2.75, 3.05) is 24.6 Å². The molecular weight excluding hydrogens is 510 g/mol. The number of oxime groups is 1. The van der Waals surface area contributed by atoms with Crippen molar-refractivity contribution < 1.29 is 24.3 Å². The van der Waals surface area contributed by atoms with E-state index >= 15 is 0 Å². The first-order chi connectivity index (χ1) is 17.4. The number of hydrogen-bond acceptors (Lipinski definition) is 13. The van der Waals surface area contributed by atoms with Crippen molar-refractivity contribution in [3.05, 3.63) is 41.4 Å². The monoisotopic (exact) mass is 531 g/mol. The Labute approximate surface area is 213 Å². The number of thioether (sulfide) groups is 1. The van der Waals surface area contributed by atoms with E-state index in [9.17, 15) is 19.5 Å². The first-order valence-corrected chi connectivity index (χ1v) is 12.7. The molecular formula is C20H21N9O5S2. The third-order valence-corrected chi connectivity index (χ3v) is 7.46. The van der Waals surface area contributed by atoms with Crippen molar-refractivity contribution in [1.82, 2.24) is 29.5 Å². The molecule has 1 aromatic rings. The van der Waals surface area contributed by atoms with Gasteiger partial charge >= 0.3 is 5.97 Å². The molecule has 0 saturated carbocycles. The maximum atomic E-state index is 13.0. The van der Waals surface area contributed by atoms with Gasteiger partial charge < -0.3 is 25.9 Å². The molecule has 0 bridgehead atoms. The standard InChI is InChI=1S/C20H21N9O5S2/c1-2-34-25-12(15-24-20(21)36-26-15)16(30)23-13-17(31)29-14(19(32)33)10(9-35-18(13)29)8-27-6-7-28-11(27)4-3-5-22-28/h4-7,13,18H,2-3,8-9H2,1H3,(H,23,30)(H,32,33)(H2,21,24,26)/t13-,18+/m1/s1. The zero-order chi connectivity index (χ0) is 25.4. The summed E-state index contributed by atoms with van der Waals surface area (Å²) in [6.07, 6.45) is 8.04. The number of nitrogens with zero attached hydrogens (tertiary/aromatic N) is 7. The molecule has 0 spiro atoms. The SMILES string of the molecule is CCON=C(C(=O)N[C@@H]1C(=O)N2C(C(=O)O)=C(CN3C=CN4N=CCC=C34)CS[C@@H]12)c1nsc(N)n1. The minimum atomic E-state index is -1.20. The number of hydrogen-bond donors (Lipinski definition) is 3. The number of allylic oxidation sites excluding steroid dienone is 1. The molecule has 2 atom stereocenters. The summed E-state index contributed by atoms with van der Waals surface area (Å²) < 4.78 is 3.99. The van der Waals surface area contributed by atoms with Crippen LogP contribution >= 0.6 is 23.3 Å². The molecule has 5 heterocycles. The highest BCUT2D eigenvalue weighted by atomic mass is 32.2. The molecule has 4 N–H and O–H groups in total. The van der Waals surface area contributed by atoms with E-state index in [1.54, 1.807) is 24.3 Å². The van der Waals surface area contributed by atoms with E-state index in [1.165, 1.54) is 16.7 Å². The Balaban J connectivity index is 1.33. The number of nitrogens with one attached hydrogen (secondary N) is 1. The highest BCUT2D eigenvalue weighted by Gasteiger charge is 2.54. The Kier molecular flexibility index (Phi) is 6.36. The van der Waals surface area contributed by atoms with Gasteiger partial charge in [-0.1, -0.05) is 5.16 Å². The van der Waals surface area contributed by atoms with Gasteiger partial charge in [-0.15, -0.1) is 11.8 Å². The minimum absolute atomic E-state index is 0.0224. The number of aromatic nitrogens is 2. The van der Waals surface area contributed by atoms with Gasteiger partial charge in [0, 0.05) is 48.9 Å². The summed E-state index contributed by atoms with van der Waals surface area (Å²) in [5.41, 5.74) is 5.91. The molecule has 14 nitrogen and oxygen atoms in total. The van der Waals surface area contributed by atoms with Gasteiger partial charge in [0.1, 0.15) is 29.5 Å². The number of fused-ring (bicyclic) bond motifs is 2. The first-order valence-electron chi connectivity index (χ1n) is 10.9. The molecule has 1 aromatic heterocycles. The van der Waals surface area contributed by atoms with E-state index in [0.717, 1.165) is 17.4 Å². The summed E-state index contributed by atoms with van der Waals surface area (Å²) in [6, 6.07) is -0.946. The predicted molar refractivity (Wildman–Crippen MR) is 131 cm³/mol. The summed E-state index contributed by atoms with van der Waals surface area (Å²) in [4.78, 5) is 50.3. The summed E-state index contributed by atoms with van der Waals surface area (Å²) in [6.45, 7) is 2.19. The number of rotatable bonds is 8. The van der Waals surface area contributed by atoms with Crippen LogP contribution in [-0.2, 0) is 19.2 Å². The van der Waals surface area contributed by atoms with Gasteiger partial charge in [0.25, 0.3) is 11.8 Å². The quantitative estimate of drug-likeness (QED) is 0.232. The van der Waals surface area contributed by atoms with Crippen LogP contribution in [-0.4, -0.2) is 89.3 Å². The number of anilines is 1. The van der Waals surface area contributed by atoms with Crippen LogP contribution in [0, 0.1) is 0 Å². The normalized spacial score (nSPS) is 22.8. The average molecular weight is 532 g/mol. The maximum Gasteiger partial charge on any atom is 0.352 e. The number of hydrazone groups is 1. The number of carboxylic acid groups (broad SMARTS) is 1. The number of aliphatic carboxylic acids is 1. The van der Waals surface area contributed by atoms with Crippen LogP contribution in [0.1, 0.15) is 19.2 Å². The Morgan fingerprint density at radius 2 is 2.22 bits per heavy atom. The smallest absolute Gasteiger partial charge is 0.352 e. The largest absolute Gasteiger partial charge is 0.477 e. The third-order valence-electron chi connectivity index (χ3n) is 5.58. The number of amides is 2. The van der Waals surface area contributed by atoms with Crippen molar-refractivity contribution in [2.24, 2.45) is 10.3 Å². The number of nitrogen functional groups attached to an aromatic ring is 1. The molecule has 16 heteroatoms. The molecule has 1 saturated heterocycles. The zero-order valence-corrected chi connectivity index (χ0v) is 20.5. The average Bonchev–Trinajstić information content (AvgIpc) is 3.48. The van der Waals surface area contributed by atoms with E-state index < -0.39 is 29.2 Å². The van der Waals surface area contributed by atoms with Gasteiger partial charge in [0.2, 0.25) is 11.5 Å². The maximum absolute atomic E-state index is 13.0. The molecule has 0 unspecified atom stereocenters. The van der Waals surface area contributed by atoms with Crippen molar-refractivity contribution in [1.29, 1.82) is 0 Å². The lowest BCUT2D eigenvalue weighted by Gasteiger charge is -2.49. The van der Waals surface area contributed by atoms with Crippen LogP contribution in [0.4, 0.5) is 5.13 Å². The summed E-state index contributed by atoms with van der Waals surface area (Å²) in [5, 5.41) is 21.9. The van der Waals surface area contributed by atoms with Gasteiger partial charge in [-0.2, -0.15) is 14.5 Å². The first kappa shape index (κ1) is 23.8. The molecule has 4 aliphatic rings. The highest BCUT2D eigenvalue weighted by molar-refractivity contribution is 8.00. The van der Waals surface area contributed by atoms with Crippen LogP contribution in [0.5, 0.6) is 0 Å². The van der Waals surface area contributed by atoms with E-state index in [1.807, 2.05) is 17.2 Å². The lowest BCUT2D eigenvalue weighted by Crippen LogP contribution is -2.71. The lowest BCUT2D eigenvalue weighted by molar-refractivity contribution is -0.150. The number of carbonyl (C=O) groups is 3. The molecule has 36 heavy (non-hydrogen) atoms. The van der Waals surface area contributed by atoms with Crippen LogP contribution in [0.3, 0.4) is 0 Å². The van der Waals surface area contributed by atoms with Crippen LogP contribution in [0.25, 0.3) is 0 Å². The molecule has 0 radical (unpaired) electrons. The van der Waals surface area contributed by atoms with Crippen molar-refractivity contribution in [3.63, 3.8) is 0 Å². The van der Waals surface area contributed by atoms with E-state index in [-0.39, 0.29) is 29.0 Å². The second-order valence-corrected chi connectivity index (χ2v) is 9.69. The van der Waals surface area contributed by atoms with Gasteiger partial charge in [0.15, 0.2) is 5.13 Å². The topological polar surface area (TPSA) is 179 Å².